The third kappa shape index (κ3) is 4.17. The lowest BCUT2D eigenvalue weighted by Crippen LogP contribution is -2.29. The quantitative estimate of drug-likeness (QED) is 0.565. The zero-order chi connectivity index (χ0) is 16.8. The molecule has 0 unspecified atom stereocenters. The van der Waals surface area contributed by atoms with E-state index in [-0.39, 0.29) is 5.91 Å². The molecule has 8 heteroatoms. The molecule has 0 saturated carbocycles. The van der Waals surface area contributed by atoms with Crippen molar-refractivity contribution in [2.75, 3.05) is 18.4 Å². The fraction of sp³-hybridized carbons (Fsp3) is 0.125. The summed E-state index contributed by atoms with van der Waals surface area (Å²) in [6.07, 6.45) is 3.31. The average Bonchev–Trinajstić information content (AvgIpc) is 3.10. The van der Waals surface area contributed by atoms with E-state index in [4.69, 9.17) is 0 Å². The van der Waals surface area contributed by atoms with E-state index in [1.165, 1.54) is 0 Å². The van der Waals surface area contributed by atoms with E-state index >= 15 is 0 Å². The number of aromatic nitrogens is 4. The highest BCUT2D eigenvalue weighted by Crippen LogP contribution is 2.20. The minimum Gasteiger partial charge on any atom is -0.352 e. The number of carbonyl (C=O) groups excluding carboxylic acids is 1. The molecule has 0 bridgehead atoms. The second kappa shape index (κ2) is 7.69. The molecule has 1 aromatic carbocycles. The van der Waals surface area contributed by atoms with Gasteiger partial charge in [0.25, 0.3) is 5.91 Å². The third-order valence-corrected chi connectivity index (χ3v) is 3.75. The second-order valence-electron chi connectivity index (χ2n) is 4.93. The van der Waals surface area contributed by atoms with Crippen molar-refractivity contribution in [3.8, 4) is 11.3 Å². The predicted octanol–water partition coefficient (Wildman–Crippen LogP) is 2.47. The van der Waals surface area contributed by atoms with Crippen LogP contribution in [-0.2, 0) is 0 Å². The monoisotopic (exact) mass is 386 g/mol. The number of halogens is 1. The first-order chi connectivity index (χ1) is 11.7. The molecule has 7 nitrogen and oxygen atoms in total. The smallest absolute Gasteiger partial charge is 0.269 e. The molecular weight excluding hydrogens is 372 g/mol. The normalized spacial score (nSPS) is 10.4. The molecule has 3 aromatic rings. The van der Waals surface area contributed by atoms with Crippen molar-refractivity contribution in [3.05, 3.63) is 59.0 Å². The standard InChI is InChI=1S/C16H15BrN6O/c17-12-4-2-11(3-5-12)13-10-14(23-22-13)15(24)18-8-9-21-16-19-6-1-7-20-16/h1-7,10H,8-9H2,(H,18,24)(H,22,23)(H,19,20,21). The summed E-state index contributed by atoms with van der Waals surface area (Å²) in [7, 11) is 0. The molecule has 0 aliphatic heterocycles. The SMILES string of the molecule is O=C(NCCNc1ncccn1)c1cc(-c2ccc(Br)cc2)n[nH]1. The highest BCUT2D eigenvalue weighted by Gasteiger charge is 2.10. The Kier molecular flexibility index (Phi) is 5.17. The first kappa shape index (κ1) is 16.1. The second-order valence-corrected chi connectivity index (χ2v) is 5.84. The van der Waals surface area contributed by atoms with Gasteiger partial charge >= 0.3 is 0 Å². The molecule has 0 aliphatic rings. The van der Waals surface area contributed by atoms with Crippen LogP contribution >= 0.6 is 15.9 Å². The number of hydrogen-bond donors (Lipinski definition) is 3. The largest absolute Gasteiger partial charge is 0.352 e. The van der Waals surface area contributed by atoms with Crippen molar-refractivity contribution < 1.29 is 4.79 Å². The summed E-state index contributed by atoms with van der Waals surface area (Å²) in [5.74, 6) is 0.326. The number of nitrogens with one attached hydrogen (secondary N) is 3. The number of benzene rings is 1. The van der Waals surface area contributed by atoms with Crippen LogP contribution in [-0.4, -0.2) is 39.2 Å². The van der Waals surface area contributed by atoms with E-state index in [9.17, 15) is 4.79 Å². The van der Waals surface area contributed by atoms with Crippen LogP contribution in [0.5, 0.6) is 0 Å². The van der Waals surface area contributed by atoms with Crippen LogP contribution in [0.15, 0.2) is 53.3 Å². The van der Waals surface area contributed by atoms with Gasteiger partial charge in [0.2, 0.25) is 5.95 Å². The average molecular weight is 387 g/mol. The van der Waals surface area contributed by atoms with Crippen LogP contribution in [0, 0.1) is 0 Å². The highest BCUT2D eigenvalue weighted by atomic mass is 79.9. The lowest BCUT2D eigenvalue weighted by atomic mass is 10.1. The lowest BCUT2D eigenvalue weighted by Gasteiger charge is -2.05. The van der Waals surface area contributed by atoms with Crippen LogP contribution < -0.4 is 10.6 Å². The van der Waals surface area contributed by atoms with Gasteiger partial charge < -0.3 is 10.6 Å². The van der Waals surface area contributed by atoms with Crippen LogP contribution in [0.1, 0.15) is 10.5 Å². The zero-order valence-corrected chi connectivity index (χ0v) is 14.2. The summed E-state index contributed by atoms with van der Waals surface area (Å²) in [5.41, 5.74) is 2.09. The molecule has 24 heavy (non-hydrogen) atoms. The van der Waals surface area contributed by atoms with Crippen LogP contribution in [0.25, 0.3) is 11.3 Å². The van der Waals surface area contributed by atoms with Gasteiger partial charge in [-0.15, -0.1) is 0 Å². The molecule has 0 saturated heterocycles. The number of nitrogens with zero attached hydrogens (tertiary/aromatic N) is 3. The van der Waals surface area contributed by atoms with Gasteiger partial charge in [-0.25, -0.2) is 9.97 Å². The molecule has 0 spiro atoms. The Morgan fingerprint density at radius 1 is 1.12 bits per heavy atom. The van der Waals surface area contributed by atoms with Crippen LogP contribution in [0.2, 0.25) is 0 Å². The van der Waals surface area contributed by atoms with E-state index in [1.54, 1.807) is 24.5 Å². The predicted molar refractivity (Wildman–Crippen MR) is 94.6 cm³/mol. The highest BCUT2D eigenvalue weighted by molar-refractivity contribution is 9.10. The van der Waals surface area contributed by atoms with Gasteiger partial charge in [-0.1, -0.05) is 28.1 Å². The topological polar surface area (TPSA) is 95.6 Å². The molecule has 2 aromatic heterocycles. The minimum absolute atomic E-state index is 0.207. The van der Waals surface area contributed by atoms with Gasteiger partial charge in [-0.3, -0.25) is 9.89 Å². The number of amides is 1. The number of rotatable bonds is 6. The molecule has 3 N–H and O–H groups in total. The summed E-state index contributed by atoms with van der Waals surface area (Å²) in [6.45, 7) is 0.979. The zero-order valence-electron chi connectivity index (χ0n) is 12.7. The Hall–Kier alpha value is -2.74. The van der Waals surface area contributed by atoms with Gasteiger partial charge in [-0.2, -0.15) is 5.10 Å². The Bertz CT molecular complexity index is 803. The lowest BCUT2D eigenvalue weighted by molar-refractivity contribution is 0.0950. The third-order valence-electron chi connectivity index (χ3n) is 3.22. The fourth-order valence-electron chi connectivity index (χ4n) is 2.04. The molecule has 1 amide bonds. The summed E-state index contributed by atoms with van der Waals surface area (Å²) < 4.78 is 0.995. The van der Waals surface area contributed by atoms with E-state index in [1.807, 2.05) is 24.3 Å². The number of carbonyl (C=O) groups is 1. The van der Waals surface area contributed by atoms with Crippen molar-refractivity contribution in [2.24, 2.45) is 0 Å². The van der Waals surface area contributed by atoms with Crippen molar-refractivity contribution in [1.82, 2.24) is 25.5 Å². The van der Waals surface area contributed by atoms with Crippen molar-refractivity contribution >= 4 is 27.8 Å². The van der Waals surface area contributed by atoms with Gasteiger partial charge in [0.05, 0.1) is 5.69 Å². The first-order valence-corrected chi connectivity index (χ1v) is 8.12. The molecule has 0 atom stereocenters. The molecule has 2 heterocycles. The van der Waals surface area contributed by atoms with Crippen molar-refractivity contribution in [2.45, 2.75) is 0 Å². The summed E-state index contributed by atoms with van der Waals surface area (Å²) in [5, 5.41) is 12.8. The van der Waals surface area contributed by atoms with Gasteiger partial charge in [0.15, 0.2) is 0 Å². The van der Waals surface area contributed by atoms with Crippen LogP contribution in [0.3, 0.4) is 0 Å². The Morgan fingerprint density at radius 2 is 1.88 bits per heavy atom. The van der Waals surface area contributed by atoms with Gasteiger partial charge in [0, 0.05) is 35.5 Å². The summed E-state index contributed by atoms with van der Waals surface area (Å²) in [6, 6.07) is 11.2. The number of anilines is 1. The number of aromatic amines is 1. The molecule has 0 fully saturated rings. The Morgan fingerprint density at radius 3 is 2.62 bits per heavy atom. The maximum atomic E-state index is 12.1. The summed E-state index contributed by atoms with van der Waals surface area (Å²) >= 11 is 3.39. The number of hydrogen-bond acceptors (Lipinski definition) is 5. The number of H-pyrrole nitrogens is 1. The molecule has 122 valence electrons. The van der Waals surface area contributed by atoms with Crippen molar-refractivity contribution in [3.63, 3.8) is 0 Å². The van der Waals surface area contributed by atoms with Crippen LogP contribution in [0.4, 0.5) is 5.95 Å². The minimum atomic E-state index is -0.207. The first-order valence-electron chi connectivity index (χ1n) is 7.33. The van der Waals surface area contributed by atoms with Crippen molar-refractivity contribution in [1.29, 1.82) is 0 Å². The Labute approximate surface area is 147 Å². The molecule has 0 radical (unpaired) electrons. The molecule has 3 rings (SSSR count). The summed E-state index contributed by atoms with van der Waals surface area (Å²) in [4.78, 5) is 20.2. The van der Waals surface area contributed by atoms with Gasteiger partial charge in [-0.05, 0) is 24.3 Å². The fourth-order valence-corrected chi connectivity index (χ4v) is 2.31. The molecule has 0 aliphatic carbocycles. The maximum Gasteiger partial charge on any atom is 0.269 e. The maximum absolute atomic E-state index is 12.1. The van der Waals surface area contributed by atoms with Gasteiger partial charge in [0.1, 0.15) is 5.69 Å². The van der Waals surface area contributed by atoms with E-state index < -0.39 is 0 Å². The van der Waals surface area contributed by atoms with E-state index in [2.05, 4.69) is 46.7 Å². The van der Waals surface area contributed by atoms with E-state index in [0.717, 1.165) is 15.7 Å². The van der Waals surface area contributed by atoms with E-state index in [0.29, 0.717) is 24.7 Å². The molecular formula is C16H15BrN6O. The Balaban J connectivity index is 1.51.